The fourth-order valence-electron chi connectivity index (χ4n) is 3.38. The highest BCUT2D eigenvalue weighted by molar-refractivity contribution is 5.98. The van der Waals surface area contributed by atoms with E-state index in [1.807, 2.05) is 45.9 Å². The van der Waals surface area contributed by atoms with Gasteiger partial charge in [0, 0.05) is 18.7 Å². The molecule has 0 aromatic heterocycles. The predicted molar refractivity (Wildman–Crippen MR) is 141 cm³/mol. The first-order valence-electron chi connectivity index (χ1n) is 12.5. The van der Waals surface area contributed by atoms with Gasteiger partial charge in [-0.25, -0.2) is 0 Å². The summed E-state index contributed by atoms with van der Waals surface area (Å²) in [5.41, 5.74) is -0.862. The van der Waals surface area contributed by atoms with E-state index in [0.29, 0.717) is 19.4 Å². The van der Waals surface area contributed by atoms with Gasteiger partial charge in [0.15, 0.2) is 0 Å². The SMILES string of the molecule is CCC(C)(C)Oc1ccc(CCCCNC(=O)c2ccc([N+](=O)[O-])cc2[N+](=O)[O-])c(OC(C)(C)CC)c1. The zero-order valence-corrected chi connectivity index (χ0v) is 22.5. The summed E-state index contributed by atoms with van der Waals surface area (Å²) in [6.45, 7) is 12.6. The van der Waals surface area contributed by atoms with Crippen LogP contribution in [0, 0.1) is 20.2 Å². The molecule has 0 aliphatic heterocycles. The maximum Gasteiger partial charge on any atom is 0.289 e. The molecule has 10 heteroatoms. The van der Waals surface area contributed by atoms with Crippen LogP contribution in [0.2, 0.25) is 0 Å². The lowest BCUT2D eigenvalue weighted by atomic mass is 10.0. The maximum atomic E-state index is 12.5. The number of nitro benzene ring substituents is 2. The van der Waals surface area contributed by atoms with Crippen molar-refractivity contribution >= 4 is 17.3 Å². The van der Waals surface area contributed by atoms with Crippen LogP contribution in [0.25, 0.3) is 0 Å². The second-order valence-electron chi connectivity index (χ2n) is 10.1. The highest BCUT2D eigenvalue weighted by atomic mass is 16.6. The van der Waals surface area contributed by atoms with Gasteiger partial charge < -0.3 is 14.8 Å². The Morgan fingerprint density at radius 1 is 0.892 bits per heavy atom. The lowest BCUT2D eigenvalue weighted by Gasteiger charge is -2.29. The molecule has 0 unspecified atom stereocenters. The van der Waals surface area contributed by atoms with Crippen molar-refractivity contribution in [2.75, 3.05) is 6.54 Å². The van der Waals surface area contributed by atoms with Gasteiger partial charge in [0.2, 0.25) is 0 Å². The van der Waals surface area contributed by atoms with E-state index >= 15 is 0 Å². The van der Waals surface area contributed by atoms with Gasteiger partial charge in [0.1, 0.15) is 28.3 Å². The third kappa shape index (κ3) is 8.73. The van der Waals surface area contributed by atoms with Gasteiger partial charge in [0.05, 0.1) is 15.9 Å². The first kappa shape index (κ1) is 29.5. The first-order valence-corrected chi connectivity index (χ1v) is 12.5. The molecule has 202 valence electrons. The molecule has 37 heavy (non-hydrogen) atoms. The molecule has 10 nitrogen and oxygen atoms in total. The molecule has 0 fully saturated rings. The molecule has 0 heterocycles. The van der Waals surface area contributed by atoms with Crippen molar-refractivity contribution in [3.8, 4) is 11.5 Å². The summed E-state index contributed by atoms with van der Waals surface area (Å²) in [5, 5.41) is 24.9. The number of nitrogens with one attached hydrogen (secondary N) is 1. The van der Waals surface area contributed by atoms with Crippen LogP contribution in [0.5, 0.6) is 11.5 Å². The van der Waals surface area contributed by atoms with E-state index in [1.165, 1.54) is 0 Å². The van der Waals surface area contributed by atoms with Crippen molar-refractivity contribution < 1.29 is 24.1 Å². The van der Waals surface area contributed by atoms with Crippen LogP contribution in [0.3, 0.4) is 0 Å². The van der Waals surface area contributed by atoms with Crippen LogP contribution in [-0.2, 0) is 6.42 Å². The average molecular weight is 516 g/mol. The Labute approximate surface area is 217 Å². The van der Waals surface area contributed by atoms with Crippen molar-refractivity contribution in [3.63, 3.8) is 0 Å². The van der Waals surface area contributed by atoms with Crippen LogP contribution in [0.15, 0.2) is 36.4 Å². The molecule has 2 rings (SSSR count). The average Bonchev–Trinajstić information content (AvgIpc) is 2.84. The minimum Gasteiger partial charge on any atom is -0.488 e. The quantitative estimate of drug-likeness (QED) is 0.175. The number of carbonyl (C=O) groups excluding carboxylic acids is 1. The second-order valence-corrected chi connectivity index (χ2v) is 10.1. The van der Waals surface area contributed by atoms with Crippen molar-refractivity contribution in [1.82, 2.24) is 5.32 Å². The van der Waals surface area contributed by atoms with Gasteiger partial charge in [-0.05, 0) is 77.5 Å². The highest BCUT2D eigenvalue weighted by Gasteiger charge is 2.24. The summed E-state index contributed by atoms with van der Waals surface area (Å²) in [7, 11) is 0. The number of aryl methyl sites for hydroxylation is 1. The predicted octanol–water partition coefficient (Wildman–Crippen LogP) is 6.39. The van der Waals surface area contributed by atoms with E-state index in [0.717, 1.165) is 54.5 Å². The van der Waals surface area contributed by atoms with Crippen LogP contribution in [0.4, 0.5) is 11.4 Å². The van der Waals surface area contributed by atoms with Crippen molar-refractivity contribution in [2.45, 2.75) is 84.8 Å². The minimum absolute atomic E-state index is 0.210. The highest BCUT2D eigenvalue weighted by Crippen LogP contribution is 2.32. The fourth-order valence-corrected chi connectivity index (χ4v) is 3.38. The molecule has 0 saturated heterocycles. The Bertz CT molecular complexity index is 1130. The summed E-state index contributed by atoms with van der Waals surface area (Å²) >= 11 is 0. The molecule has 0 radical (unpaired) electrons. The number of non-ortho nitro benzene ring substituents is 1. The molecule has 1 N–H and O–H groups in total. The number of nitrogens with zero attached hydrogens (tertiary/aromatic N) is 2. The lowest BCUT2D eigenvalue weighted by molar-refractivity contribution is -0.394. The van der Waals surface area contributed by atoms with Crippen molar-refractivity contribution in [1.29, 1.82) is 0 Å². The second kappa shape index (κ2) is 12.5. The van der Waals surface area contributed by atoms with Gasteiger partial charge in [0.25, 0.3) is 17.3 Å². The summed E-state index contributed by atoms with van der Waals surface area (Å²) in [6.07, 6.45) is 3.77. The summed E-state index contributed by atoms with van der Waals surface area (Å²) < 4.78 is 12.5. The molecule has 2 aromatic rings. The van der Waals surface area contributed by atoms with E-state index in [9.17, 15) is 25.0 Å². The van der Waals surface area contributed by atoms with E-state index in [4.69, 9.17) is 9.47 Å². The Hall–Kier alpha value is -3.69. The number of carbonyl (C=O) groups is 1. The first-order chi connectivity index (χ1) is 17.3. The molecular weight excluding hydrogens is 478 g/mol. The zero-order valence-electron chi connectivity index (χ0n) is 22.5. The van der Waals surface area contributed by atoms with Gasteiger partial charge in [-0.1, -0.05) is 19.9 Å². The number of unbranched alkanes of at least 4 members (excludes halogenated alkanes) is 1. The van der Waals surface area contributed by atoms with Crippen molar-refractivity contribution in [2.24, 2.45) is 0 Å². The van der Waals surface area contributed by atoms with Crippen LogP contribution in [0.1, 0.15) is 83.1 Å². The largest absolute Gasteiger partial charge is 0.488 e. The van der Waals surface area contributed by atoms with Gasteiger partial charge in [-0.3, -0.25) is 25.0 Å². The monoisotopic (exact) mass is 515 g/mol. The van der Waals surface area contributed by atoms with Gasteiger partial charge >= 0.3 is 0 Å². The van der Waals surface area contributed by atoms with Crippen LogP contribution < -0.4 is 14.8 Å². The van der Waals surface area contributed by atoms with E-state index < -0.39 is 27.1 Å². The molecule has 0 aliphatic carbocycles. The van der Waals surface area contributed by atoms with Crippen molar-refractivity contribution in [3.05, 3.63) is 67.8 Å². The van der Waals surface area contributed by atoms with E-state index in [-0.39, 0.29) is 16.8 Å². The number of amides is 1. The van der Waals surface area contributed by atoms with E-state index in [2.05, 4.69) is 19.2 Å². The summed E-state index contributed by atoms with van der Waals surface area (Å²) in [6, 6.07) is 8.85. The third-order valence-electron chi connectivity index (χ3n) is 6.31. The molecule has 0 aliphatic rings. The number of rotatable bonds is 14. The van der Waals surface area contributed by atoms with Crippen LogP contribution >= 0.6 is 0 Å². The topological polar surface area (TPSA) is 134 Å². The third-order valence-corrected chi connectivity index (χ3v) is 6.31. The number of nitro groups is 2. The zero-order chi connectivity index (χ0) is 27.8. The standard InChI is InChI=1S/C27H37N3O7/c1-7-26(3,4)36-21-14-12-19(24(18-21)37-27(5,6)8-2)11-9-10-16-28-25(31)22-15-13-20(29(32)33)17-23(22)30(34)35/h12-15,17-18H,7-11,16H2,1-6H3,(H,28,31). The Kier molecular flexibility index (Phi) is 9.99. The Morgan fingerprint density at radius 3 is 2.14 bits per heavy atom. The van der Waals surface area contributed by atoms with E-state index in [1.54, 1.807) is 0 Å². The maximum absolute atomic E-state index is 12.5. The smallest absolute Gasteiger partial charge is 0.289 e. The van der Waals surface area contributed by atoms with Gasteiger partial charge in [-0.2, -0.15) is 0 Å². The Balaban J connectivity index is 2.03. The molecule has 0 atom stereocenters. The summed E-state index contributed by atoms with van der Waals surface area (Å²) in [4.78, 5) is 33.1. The number of hydrogen-bond donors (Lipinski definition) is 1. The molecule has 0 saturated carbocycles. The summed E-state index contributed by atoms with van der Waals surface area (Å²) in [5.74, 6) is 0.867. The Morgan fingerprint density at radius 2 is 1.54 bits per heavy atom. The number of hydrogen-bond acceptors (Lipinski definition) is 7. The van der Waals surface area contributed by atoms with Gasteiger partial charge in [-0.15, -0.1) is 0 Å². The number of benzene rings is 2. The minimum atomic E-state index is -0.795. The number of ether oxygens (including phenoxy) is 2. The molecule has 0 bridgehead atoms. The van der Waals surface area contributed by atoms with Crippen LogP contribution in [-0.4, -0.2) is 33.5 Å². The molecule has 1 amide bonds. The molecule has 0 spiro atoms. The fraction of sp³-hybridized carbons (Fsp3) is 0.519. The molecular formula is C27H37N3O7. The molecule has 2 aromatic carbocycles. The lowest BCUT2D eigenvalue weighted by Crippen LogP contribution is -2.28. The normalized spacial score (nSPS) is 11.6.